The summed E-state index contributed by atoms with van der Waals surface area (Å²) in [4.78, 5) is 8.13. The average molecular weight is 224 g/mol. The Balaban J connectivity index is 2.47. The molecule has 0 fully saturated rings. The smallest absolute Gasteiger partial charge is 0.218 e. The lowest BCUT2D eigenvalue weighted by molar-refractivity contribution is 0.232. The van der Waals surface area contributed by atoms with Crippen molar-refractivity contribution in [2.45, 2.75) is 39.3 Å². The van der Waals surface area contributed by atoms with Gasteiger partial charge in [0.25, 0.3) is 0 Å². The van der Waals surface area contributed by atoms with Crippen LogP contribution in [0, 0.1) is 0 Å². The van der Waals surface area contributed by atoms with Gasteiger partial charge in [0.05, 0.1) is 6.10 Å². The molecule has 16 heavy (non-hydrogen) atoms. The molecule has 0 spiro atoms. The summed E-state index contributed by atoms with van der Waals surface area (Å²) in [5.41, 5.74) is 5.65. The molecule has 0 aliphatic heterocycles. The number of nitrogens with two attached hydrogens (primary N) is 1. The number of nitrogens with zero attached hydrogens (tertiary/aromatic N) is 2. The van der Waals surface area contributed by atoms with Crippen LogP contribution in [0.3, 0.4) is 0 Å². The number of anilines is 1. The monoisotopic (exact) mass is 224 g/mol. The third-order valence-electron chi connectivity index (χ3n) is 1.90. The summed E-state index contributed by atoms with van der Waals surface area (Å²) >= 11 is 0. The molecule has 0 amide bonds. The van der Waals surface area contributed by atoms with Crippen LogP contribution in [-0.2, 0) is 0 Å². The summed E-state index contributed by atoms with van der Waals surface area (Å²) in [5, 5.41) is 3.18. The van der Waals surface area contributed by atoms with Gasteiger partial charge < -0.3 is 15.8 Å². The molecule has 5 heteroatoms. The number of ether oxygens (including phenoxy) is 1. The van der Waals surface area contributed by atoms with Crippen LogP contribution in [0.15, 0.2) is 12.4 Å². The number of nitrogens with one attached hydrogen (secondary N) is 1. The number of hydrogen-bond donors (Lipinski definition) is 2. The zero-order chi connectivity index (χ0) is 12.0. The third kappa shape index (κ3) is 4.93. The van der Waals surface area contributed by atoms with Crippen LogP contribution >= 0.6 is 0 Å². The highest BCUT2D eigenvalue weighted by atomic mass is 16.5. The van der Waals surface area contributed by atoms with Gasteiger partial charge in [-0.3, -0.25) is 0 Å². The molecule has 0 bridgehead atoms. The van der Waals surface area contributed by atoms with Crippen LogP contribution in [0.5, 0.6) is 5.88 Å². The third-order valence-corrected chi connectivity index (χ3v) is 1.90. The molecule has 0 aliphatic rings. The molecule has 1 rings (SSSR count). The topological polar surface area (TPSA) is 73.1 Å². The molecule has 1 aromatic heterocycles. The molecule has 3 N–H and O–H groups in total. The molecule has 5 nitrogen and oxygen atoms in total. The number of hydrogen-bond acceptors (Lipinski definition) is 5. The second-order valence-corrected chi connectivity index (χ2v) is 4.10. The molecule has 0 saturated heterocycles. The van der Waals surface area contributed by atoms with E-state index >= 15 is 0 Å². The normalized spacial score (nSPS) is 12.6. The summed E-state index contributed by atoms with van der Waals surface area (Å²) in [6.45, 7) is 6.71. The predicted octanol–water partition coefficient (Wildman–Crippen LogP) is 1.41. The summed E-state index contributed by atoms with van der Waals surface area (Å²) in [5.74, 6) is 1.36. The van der Waals surface area contributed by atoms with Crippen molar-refractivity contribution < 1.29 is 4.74 Å². The Kier molecular flexibility index (Phi) is 4.98. The maximum atomic E-state index is 5.65. The molecule has 0 aromatic carbocycles. The van der Waals surface area contributed by atoms with E-state index in [0.29, 0.717) is 5.88 Å². The van der Waals surface area contributed by atoms with Crippen molar-refractivity contribution in [2.24, 2.45) is 5.73 Å². The van der Waals surface area contributed by atoms with E-state index in [2.05, 4.69) is 15.3 Å². The first-order valence-corrected chi connectivity index (χ1v) is 5.56. The Bertz CT molecular complexity index is 315. The van der Waals surface area contributed by atoms with E-state index in [0.717, 1.165) is 18.8 Å². The van der Waals surface area contributed by atoms with Crippen LogP contribution < -0.4 is 15.8 Å². The Labute approximate surface area is 96.4 Å². The van der Waals surface area contributed by atoms with Crippen LogP contribution in [0.2, 0.25) is 0 Å². The van der Waals surface area contributed by atoms with Crippen LogP contribution in [0.1, 0.15) is 27.2 Å². The molecular weight excluding hydrogens is 204 g/mol. The highest BCUT2D eigenvalue weighted by Gasteiger charge is 2.02. The van der Waals surface area contributed by atoms with Crippen molar-refractivity contribution in [3.63, 3.8) is 0 Å². The van der Waals surface area contributed by atoms with E-state index in [-0.39, 0.29) is 12.1 Å². The summed E-state index contributed by atoms with van der Waals surface area (Å²) < 4.78 is 5.47. The fourth-order valence-corrected chi connectivity index (χ4v) is 1.17. The Hall–Kier alpha value is -1.36. The maximum absolute atomic E-state index is 5.65. The van der Waals surface area contributed by atoms with Gasteiger partial charge in [0.1, 0.15) is 12.1 Å². The largest absolute Gasteiger partial charge is 0.475 e. The quantitative estimate of drug-likeness (QED) is 0.764. The van der Waals surface area contributed by atoms with Crippen molar-refractivity contribution >= 4 is 5.82 Å². The van der Waals surface area contributed by atoms with Gasteiger partial charge in [-0.1, -0.05) is 0 Å². The molecule has 90 valence electrons. The molecule has 1 unspecified atom stereocenters. The minimum Gasteiger partial charge on any atom is -0.475 e. The van der Waals surface area contributed by atoms with Crippen molar-refractivity contribution in [1.29, 1.82) is 0 Å². The average Bonchev–Trinajstić information content (AvgIpc) is 2.16. The highest BCUT2D eigenvalue weighted by Crippen LogP contribution is 2.12. The predicted molar refractivity (Wildman–Crippen MR) is 64.6 cm³/mol. The SMILES string of the molecule is CC(N)CCNc1cc(OC(C)C)ncn1. The lowest BCUT2D eigenvalue weighted by Crippen LogP contribution is -2.19. The van der Waals surface area contributed by atoms with Crippen LogP contribution in [0.25, 0.3) is 0 Å². The van der Waals surface area contributed by atoms with Crippen LogP contribution in [0.4, 0.5) is 5.82 Å². The number of rotatable bonds is 6. The molecule has 0 saturated carbocycles. The first-order valence-electron chi connectivity index (χ1n) is 5.56. The Morgan fingerprint density at radius 3 is 2.75 bits per heavy atom. The fourth-order valence-electron chi connectivity index (χ4n) is 1.17. The highest BCUT2D eigenvalue weighted by molar-refractivity contribution is 5.36. The van der Waals surface area contributed by atoms with Crippen molar-refractivity contribution in [3.05, 3.63) is 12.4 Å². The molecule has 1 atom stereocenters. The lowest BCUT2D eigenvalue weighted by atomic mass is 10.2. The van der Waals surface area contributed by atoms with E-state index in [9.17, 15) is 0 Å². The lowest BCUT2D eigenvalue weighted by Gasteiger charge is -2.10. The zero-order valence-electron chi connectivity index (χ0n) is 10.1. The number of aromatic nitrogens is 2. The van der Waals surface area contributed by atoms with Crippen molar-refractivity contribution in [3.8, 4) is 5.88 Å². The van der Waals surface area contributed by atoms with Gasteiger partial charge in [0.15, 0.2) is 0 Å². The van der Waals surface area contributed by atoms with Gasteiger partial charge in [-0.2, -0.15) is 0 Å². The molecule has 1 aromatic rings. The summed E-state index contributed by atoms with van der Waals surface area (Å²) in [7, 11) is 0. The van der Waals surface area contributed by atoms with Gasteiger partial charge in [-0.25, -0.2) is 9.97 Å². The molecule has 0 aliphatic carbocycles. The minimum absolute atomic E-state index is 0.117. The summed E-state index contributed by atoms with van der Waals surface area (Å²) in [6.07, 6.45) is 2.52. The zero-order valence-corrected chi connectivity index (χ0v) is 10.1. The Morgan fingerprint density at radius 1 is 1.38 bits per heavy atom. The van der Waals surface area contributed by atoms with E-state index in [1.54, 1.807) is 6.07 Å². The van der Waals surface area contributed by atoms with Gasteiger partial charge in [-0.15, -0.1) is 0 Å². The fraction of sp³-hybridized carbons (Fsp3) is 0.636. The summed E-state index contributed by atoms with van der Waals surface area (Å²) in [6, 6.07) is 1.99. The van der Waals surface area contributed by atoms with E-state index in [1.807, 2.05) is 20.8 Å². The van der Waals surface area contributed by atoms with Gasteiger partial charge in [0, 0.05) is 18.7 Å². The van der Waals surface area contributed by atoms with E-state index < -0.39 is 0 Å². The van der Waals surface area contributed by atoms with Crippen molar-refractivity contribution in [2.75, 3.05) is 11.9 Å². The minimum atomic E-state index is 0.117. The van der Waals surface area contributed by atoms with Gasteiger partial charge in [-0.05, 0) is 27.2 Å². The van der Waals surface area contributed by atoms with Crippen LogP contribution in [-0.4, -0.2) is 28.7 Å². The second kappa shape index (κ2) is 6.27. The van der Waals surface area contributed by atoms with E-state index in [1.165, 1.54) is 6.33 Å². The first-order chi connectivity index (χ1) is 7.58. The van der Waals surface area contributed by atoms with E-state index in [4.69, 9.17) is 10.5 Å². The maximum Gasteiger partial charge on any atom is 0.218 e. The standard InChI is InChI=1S/C11H20N4O/c1-8(2)16-11-6-10(14-7-15-11)13-5-4-9(3)12/h6-9H,4-5,12H2,1-3H3,(H,13,14,15). The van der Waals surface area contributed by atoms with Gasteiger partial charge in [0.2, 0.25) is 5.88 Å². The molecule has 0 radical (unpaired) electrons. The van der Waals surface area contributed by atoms with Gasteiger partial charge >= 0.3 is 0 Å². The first kappa shape index (κ1) is 12.7. The molecular formula is C11H20N4O. The Morgan fingerprint density at radius 2 is 2.12 bits per heavy atom. The van der Waals surface area contributed by atoms with Crippen molar-refractivity contribution in [1.82, 2.24) is 9.97 Å². The molecule has 1 heterocycles. The second-order valence-electron chi connectivity index (χ2n) is 4.10.